The summed E-state index contributed by atoms with van der Waals surface area (Å²) < 4.78 is 10.8. The Morgan fingerprint density at radius 2 is 1.74 bits per heavy atom. The van der Waals surface area contributed by atoms with E-state index in [2.05, 4.69) is 5.32 Å². The van der Waals surface area contributed by atoms with Gasteiger partial charge in [-0.15, -0.1) is 0 Å². The van der Waals surface area contributed by atoms with Crippen molar-refractivity contribution in [2.75, 3.05) is 11.9 Å². The van der Waals surface area contributed by atoms with Crippen molar-refractivity contribution in [3.63, 3.8) is 0 Å². The lowest BCUT2D eigenvalue weighted by atomic mass is 10.1. The third-order valence-corrected chi connectivity index (χ3v) is 4.20. The number of rotatable bonds is 7. The van der Waals surface area contributed by atoms with E-state index >= 15 is 0 Å². The lowest BCUT2D eigenvalue weighted by molar-refractivity contribution is -0.122. The van der Waals surface area contributed by atoms with Gasteiger partial charge >= 0.3 is 5.97 Å². The summed E-state index contributed by atoms with van der Waals surface area (Å²) in [4.78, 5) is 24.6. The van der Waals surface area contributed by atoms with Crippen LogP contribution in [0.2, 0.25) is 5.02 Å². The molecule has 2 rings (SSSR count). The molecule has 0 saturated carbocycles. The van der Waals surface area contributed by atoms with E-state index in [-0.39, 0.29) is 23.1 Å². The second kappa shape index (κ2) is 9.42. The van der Waals surface area contributed by atoms with Crippen molar-refractivity contribution in [2.24, 2.45) is 0 Å². The van der Waals surface area contributed by atoms with Gasteiger partial charge in [0.15, 0.2) is 6.10 Å². The average molecular weight is 390 g/mol. The third-order valence-electron chi connectivity index (χ3n) is 3.87. The lowest BCUT2D eigenvalue weighted by Crippen LogP contribution is -2.32. The molecule has 0 radical (unpaired) electrons. The van der Waals surface area contributed by atoms with E-state index in [1.54, 1.807) is 19.1 Å². The number of amides is 1. The highest BCUT2D eigenvalue weighted by molar-refractivity contribution is 6.33. The van der Waals surface area contributed by atoms with Crippen LogP contribution in [0.25, 0.3) is 0 Å². The van der Waals surface area contributed by atoms with Gasteiger partial charge in [0.05, 0.1) is 17.2 Å². The zero-order valence-electron chi connectivity index (χ0n) is 16.0. The van der Waals surface area contributed by atoms with Crippen LogP contribution >= 0.6 is 11.6 Å². The Bertz CT molecular complexity index is 815. The van der Waals surface area contributed by atoms with E-state index in [1.165, 1.54) is 6.07 Å². The minimum absolute atomic E-state index is 0.208. The molecular weight excluding hydrogens is 366 g/mol. The molecule has 0 heterocycles. The summed E-state index contributed by atoms with van der Waals surface area (Å²) in [7, 11) is 0. The van der Waals surface area contributed by atoms with Crippen LogP contribution in [0, 0.1) is 13.8 Å². The third kappa shape index (κ3) is 5.73. The monoisotopic (exact) mass is 389 g/mol. The molecule has 1 amide bonds. The van der Waals surface area contributed by atoms with E-state index in [0.29, 0.717) is 17.9 Å². The van der Waals surface area contributed by atoms with Crippen molar-refractivity contribution < 1.29 is 19.1 Å². The molecule has 2 aromatic rings. The minimum Gasteiger partial charge on any atom is -0.481 e. The van der Waals surface area contributed by atoms with Gasteiger partial charge in [0, 0.05) is 5.69 Å². The number of aryl methyl sites for hydroxylation is 2. The van der Waals surface area contributed by atoms with Gasteiger partial charge in [0.25, 0.3) is 5.91 Å². The molecule has 1 atom stereocenters. The number of esters is 1. The minimum atomic E-state index is -0.659. The Kier molecular flexibility index (Phi) is 7.25. The van der Waals surface area contributed by atoms with Crippen molar-refractivity contribution in [2.45, 2.75) is 40.2 Å². The molecule has 5 nitrogen and oxygen atoms in total. The molecule has 0 saturated heterocycles. The summed E-state index contributed by atoms with van der Waals surface area (Å²) in [5.41, 5.74) is 2.79. The molecule has 0 spiro atoms. The predicted octanol–water partition coefficient (Wildman–Crippen LogP) is 4.93. The molecule has 2 aromatic carbocycles. The number of halogens is 1. The number of nitrogens with one attached hydrogen (secondary N) is 1. The molecule has 0 aliphatic carbocycles. The van der Waals surface area contributed by atoms with Crippen molar-refractivity contribution >= 4 is 29.2 Å². The fourth-order valence-electron chi connectivity index (χ4n) is 2.68. The quantitative estimate of drug-likeness (QED) is 0.682. The Morgan fingerprint density at radius 3 is 2.33 bits per heavy atom. The molecule has 6 heteroatoms. The van der Waals surface area contributed by atoms with E-state index in [0.717, 1.165) is 11.1 Å². The van der Waals surface area contributed by atoms with Gasteiger partial charge in [-0.05, 0) is 68.7 Å². The molecule has 0 aromatic heterocycles. The molecule has 144 valence electrons. The number of hydrogen-bond acceptors (Lipinski definition) is 4. The van der Waals surface area contributed by atoms with Gasteiger partial charge in [-0.25, -0.2) is 4.79 Å². The van der Waals surface area contributed by atoms with Crippen LogP contribution < -0.4 is 10.1 Å². The maximum atomic E-state index is 12.6. The highest BCUT2D eigenvalue weighted by Crippen LogP contribution is 2.23. The molecule has 1 N–H and O–H groups in total. The second-order valence-corrected chi connectivity index (χ2v) is 6.65. The number of carbonyl (C=O) groups excluding carboxylic acids is 2. The van der Waals surface area contributed by atoms with E-state index < -0.39 is 12.1 Å². The van der Waals surface area contributed by atoms with Crippen LogP contribution in [0.15, 0.2) is 36.4 Å². The summed E-state index contributed by atoms with van der Waals surface area (Å²) in [5, 5.41) is 3.05. The molecular formula is C21H24ClNO4. The fourth-order valence-corrected chi connectivity index (χ4v) is 2.87. The number of benzene rings is 2. The van der Waals surface area contributed by atoms with Gasteiger partial charge < -0.3 is 14.8 Å². The van der Waals surface area contributed by atoms with Crippen LogP contribution in [0.4, 0.5) is 5.69 Å². The van der Waals surface area contributed by atoms with Crippen molar-refractivity contribution in [1.82, 2.24) is 0 Å². The summed E-state index contributed by atoms with van der Waals surface area (Å²) in [6, 6.07) is 10.5. The van der Waals surface area contributed by atoms with Gasteiger partial charge in [-0.2, -0.15) is 0 Å². The Labute approximate surface area is 164 Å². The largest absolute Gasteiger partial charge is 0.481 e. The molecule has 27 heavy (non-hydrogen) atoms. The van der Waals surface area contributed by atoms with E-state index in [1.807, 2.05) is 39.0 Å². The van der Waals surface area contributed by atoms with Gasteiger partial charge in [0.2, 0.25) is 0 Å². The number of hydrogen-bond donors (Lipinski definition) is 1. The Morgan fingerprint density at radius 1 is 1.07 bits per heavy atom. The smallest absolute Gasteiger partial charge is 0.339 e. The summed E-state index contributed by atoms with van der Waals surface area (Å²) >= 11 is 6.05. The first kappa shape index (κ1) is 20.8. The summed E-state index contributed by atoms with van der Waals surface area (Å²) in [6.45, 7) is 7.79. The first-order chi connectivity index (χ1) is 12.8. The van der Waals surface area contributed by atoms with Crippen LogP contribution in [0.1, 0.15) is 41.8 Å². The van der Waals surface area contributed by atoms with Gasteiger partial charge in [0.1, 0.15) is 5.75 Å². The summed E-state index contributed by atoms with van der Waals surface area (Å²) in [5.74, 6) is -0.177. The number of ether oxygens (including phenoxy) is 2. The predicted molar refractivity (Wildman–Crippen MR) is 107 cm³/mol. The second-order valence-electron chi connectivity index (χ2n) is 6.24. The Hall–Kier alpha value is -2.53. The lowest BCUT2D eigenvalue weighted by Gasteiger charge is -2.18. The van der Waals surface area contributed by atoms with Crippen molar-refractivity contribution in [3.8, 4) is 5.75 Å². The van der Waals surface area contributed by atoms with Gasteiger partial charge in [-0.1, -0.05) is 24.6 Å². The summed E-state index contributed by atoms with van der Waals surface area (Å²) in [6.07, 6.45) is -0.162. The van der Waals surface area contributed by atoms with Crippen LogP contribution in [0.3, 0.4) is 0 Å². The SMILES string of the molecule is CCOC(=O)c1cc(NC(=O)[C@@H](CC)Oc2cc(C)cc(C)c2)ccc1Cl. The standard InChI is InChI=1S/C21H24ClNO4/c1-5-19(27-16-10-13(3)9-14(4)11-16)20(24)23-15-7-8-18(22)17(12-15)21(25)26-6-2/h7-12,19H,5-6H2,1-4H3,(H,23,24)/t19-/m1/s1. The topological polar surface area (TPSA) is 64.6 Å². The highest BCUT2D eigenvalue weighted by atomic mass is 35.5. The van der Waals surface area contributed by atoms with Crippen molar-refractivity contribution in [1.29, 1.82) is 0 Å². The first-order valence-electron chi connectivity index (χ1n) is 8.86. The normalized spacial score (nSPS) is 11.6. The van der Waals surface area contributed by atoms with Gasteiger partial charge in [-0.3, -0.25) is 4.79 Å². The number of anilines is 1. The molecule has 0 fully saturated rings. The molecule has 0 unspecified atom stereocenters. The van der Waals surface area contributed by atoms with Crippen LogP contribution in [0.5, 0.6) is 5.75 Å². The zero-order chi connectivity index (χ0) is 20.0. The maximum Gasteiger partial charge on any atom is 0.339 e. The molecule has 0 aliphatic heterocycles. The molecule has 0 aliphatic rings. The van der Waals surface area contributed by atoms with E-state index in [9.17, 15) is 9.59 Å². The molecule has 0 bridgehead atoms. The van der Waals surface area contributed by atoms with Crippen LogP contribution in [-0.2, 0) is 9.53 Å². The fraction of sp³-hybridized carbons (Fsp3) is 0.333. The average Bonchev–Trinajstić information content (AvgIpc) is 2.60. The Balaban J connectivity index is 2.14. The van der Waals surface area contributed by atoms with E-state index in [4.69, 9.17) is 21.1 Å². The zero-order valence-corrected chi connectivity index (χ0v) is 16.7. The van der Waals surface area contributed by atoms with Crippen LogP contribution in [-0.4, -0.2) is 24.6 Å². The highest BCUT2D eigenvalue weighted by Gasteiger charge is 2.20. The maximum absolute atomic E-state index is 12.6. The van der Waals surface area contributed by atoms with Crippen molar-refractivity contribution in [3.05, 3.63) is 58.1 Å². The first-order valence-corrected chi connectivity index (χ1v) is 9.24. The number of carbonyl (C=O) groups is 2.